The molecule has 0 aromatic heterocycles. The van der Waals surface area contributed by atoms with Crippen LogP contribution in [0.5, 0.6) is 0 Å². The quantitative estimate of drug-likeness (QED) is 0.355. The molecule has 1 fully saturated rings. The number of carbonyl (C=O) groups excluding carboxylic acids is 1. The zero-order chi connectivity index (χ0) is 8.97. The number of isocyanates is 1. The van der Waals surface area contributed by atoms with E-state index in [0.29, 0.717) is 6.54 Å². The van der Waals surface area contributed by atoms with Crippen molar-refractivity contribution < 1.29 is 9.82 Å². The Morgan fingerprint density at radius 2 is 2.50 bits per heavy atom. The monoisotopic (exact) mass is 168 g/mol. The molecule has 0 amide bonds. The lowest BCUT2D eigenvalue weighted by atomic mass is 9.82. The van der Waals surface area contributed by atoms with Gasteiger partial charge in [-0.25, -0.2) is 9.79 Å². The van der Waals surface area contributed by atoms with Crippen molar-refractivity contribution in [3.63, 3.8) is 0 Å². The zero-order valence-electron chi connectivity index (χ0n) is 7.23. The van der Waals surface area contributed by atoms with Gasteiger partial charge in [0.25, 0.3) is 0 Å². The third kappa shape index (κ3) is 2.45. The van der Waals surface area contributed by atoms with Crippen LogP contribution < -0.4 is 0 Å². The van der Waals surface area contributed by atoms with Gasteiger partial charge in [-0.2, -0.15) is 0 Å². The number of nitrogens with zero attached hydrogens (tertiary/aromatic N) is 2. The molecule has 1 unspecified atom stereocenters. The van der Waals surface area contributed by atoms with Gasteiger partial charge < -0.3 is 9.83 Å². The highest BCUT2D eigenvalue weighted by Gasteiger charge is 2.24. The van der Waals surface area contributed by atoms with Crippen molar-refractivity contribution in [2.24, 2.45) is 4.99 Å². The molecule has 0 radical (unpaired) electrons. The second-order valence-electron chi connectivity index (χ2n) is 3.14. The third-order valence-corrected chi connectivity index (χ3v) is 2.19. The predicted octanol–water partition coefficient (Wildman–Crippen LogP) is -0.103. The molecule has 1 aliphatic rings. The molecule has 0 aliphatic carbocycles. The molecule has 4 nitrogen and oxygen atoms in total. The molecular weight excluding hydrogens is 155 g/mol. The summed E-state index contributed by atoms with van der Waals surface area (Å²) in [6.45, 7) is 3.29. The van der Waals surface area contributed by atoms with Crippen molar-refractivity contribution >= 4 is 13.1 Å². The molecule has 1 aliphatic heterocycles. The van der Waals surface area contributed by atoms with Gasteiger partial charge in [0.2, 0.25) is 6.08 Å². The van der Waals surface area contributed by atoms with Crippen LogP contribution in [0.1, 0.15) is 12.8 Å². The maximum absolute atomic E-state index is 9.98. The van der Waals surface area contributed by atoms with Crippen LogP contribution in [0.2, 0.25) is 6.82 Å². The molecule has 1 heterocycles. The molecule has 66 valence electrons. The lowest BCUT2D eigenvalue weighted by Crippen LogP contribution is -2.45. The van der Waals surface area contributed by atoms with Gasteiger partial charge in [-0.15, -0.1) is 0 Å². The smallest absolute Gasteiger partial charge is 0.376 e. The summed E-state index contributed by atoms with van der Waals surface area (Å²) in [7, 11) is -0.436. The van der Waals surface area contributed by atoms with Gasteiger partial charge >= 0.3 is 7.05 Å². The zero-order valence-corrected chi connectivity index (χ0v) is 7.23. The Morgan fingerprint density at radius 1 is 1.75 bits per heavy atom. The Hall–Kier alpha value is -0.635. The van der Waals surface area contributed by atoms with E-state index >= 15 is 0 Å². The minimum Gasteiger partial charge on any atom is -0.437 e. The Labute approximate surface area is 72.4 Å². The van der Waals surface area contributed by atoms with E-state index in [-0.39, 0.29) is 6.04 Å². The summed E-state index contributed by atoms with van der Waals surface area (Å²) in [4.78, 5) is 15.5. The third-order valence-electron chi connectivity index (χ3n) is 2.19. The standard InChI is InChI=1S/C7H13BN2O2/c1-8(12)10-4-2-3-7(5-10)9-6-11/h7,12H,2-5H2,1H3. The van der Waals surface area contributed by atoms with Gasteiger partial charge in [0.15, 0.2) is 0 Å². The van der Waals surface area contributed by atoms with E-state index in [1.54, 1.807) is 12.9 Å². The first kappa shape index (κ1) is 9.45. The summed E-state index contributed by atoms with van der Waals surface area (Å²) in [5.74, 6) is 0. The summed E-state index contributed by atoms with van der Waals surface area (Å²) in [6.07, 6.45) is 3.48. The lowest BCUT2D eigenvalue weighted by Gasteiger charge is -2.30. The molecule has 0 aromatic rings. The molecule has 0 spiro atoms. The maximum atomic E-state index is 9.98. The van der Waals surface area contributed by atoms with E-state index in [9.17, 15) is 9.82 Å². The summed E-state index contributed by atoms with van der Waals surface area (Å²) < 4.78 is 0. The fourth-order valence-corrected chi connectivity index (χ4v) is 1.50. The minimum absolute atomic E-state index is 0.0332. The van der Waals surface area contributed by atoms with Crippen LogP contribution in [0.3, 0.4) is 0 Å². The van der Waals surface area contributed by atoms with Gasteiger partial charge in [-0.3, -0.25) is 0 Å². The average Bonchev–Trinajstić information content (AvgIpc) is 2.05. The van der Waals surface area contributed by atoms with Crippen molar-refractivity contribution in [1.82, 2.24) is 4.81 Å². The summed E-state index contributed by atoms with van der Waals surface area (Å²) in [5.41, 5.74) is 0. The van der Waals surface area contributed by atoms with Crippen LogP contribution in [0.15, 0.2) is 4.99 Å². The highest BCUT2D eigenvalue weighted by atomic mass is 16.2. The molecule has 1 N–H and O–H groups in total. The lowest BCUT2D eigenvalue weighted by molar-refractivity contribution is 0.286. The molecule has 0 bridgehead atoms. The van der Waals surface area contributed by atoms with E-state index in [1.807, 2.05) is 4.81 Å². The van der Waals surface area contributed by atoms with Crippen LogP contribution in [-0.4, -0.2) is 42.1 Å². The maximum Gasteiger partial charge on any atom is 0.376 e. The van der Waals surface area contributed by atoms with Gasteiger partial charge in [-0.05, 0) is 26.2 Å². The van der Waals surface area contributed by atoms with E-state index < -0.39 is 7.05 Å². The van der Waals surface area contributed by atoms with E-state index in [1.165, 1.54) is 0 Å². The number of rotatable bonds is 2. The first-order chi connectivity index (χ1) is 5.74. The van der Waals surface area contributed by atoms with Crippen LogP contribution in [-0.2, 0) is 4.79 Å². The molecule has 5 heteroatoms. The van der Waals surface area contributed by atoms with Crippen molar-refractivity contribution in [3.8, 4) is 0 Å². The van der Waals surface area contributed by atoms with E-state index in [4.69, 9.17) is 0 Å². The van der Waals surface area contributed by atoms with E-state index in [2.05, 4.69) is 4.99 Å². The number of hydrogen-bond acceptors (Lipinski definition) is 4. The fourth-order valence-electron chi connectivity index (χ4n) is 1.50. The topological polar surface area (TPSA) is 52.9 Å². The Kier molecular flexibility index (Phi) is 3.47. The predicted molar refractivity (Wildman–Crippen MR) is 46.6 cm³/mol. The Morgan fingerprint density at radius 3 is 3.08 bits per heavy atom. The summed E-state index contributed by atoms with van der Waals surface area (Å²) >= 11 is 0. The summed E-state index contributed by atoms with van der Waals surface area (Å²) in [5, 5.41) is 9.25. The minimum atomic E-state index is -0.436. The van der Waals surface area contributed by atoms with Crippen LogP contribution in [0, 0.1) is 0 Å². The molecule has 1 atom stereocenters. The van der Waals surface area contributed by atoms with Crippen molar-refractivity contribution in [1.29, 1.82) is 0 Å². The highest BCUT2D eigenvalue weighted by molar-refractivity contribution is 6.45. The number of hydrogen-bond donors (Lipinski definition) is 1. The first-order valence-corrected chi connectivity index (χ1v) is 4.23. The molecular formula is C7H13BN2O2. The first-order valence-electron chi connectivity index (χ1n) is 4.23. The second-order valence-corrected chi connectivity index (χ2v) is 3.14. The number of piperidine rings is 1. The van der Waals surface area contributed by atoms with Gasteiger partial charge in [0.1, 0.15) is 0 Å². The van der Waals surface area contributed by atoms with Crippen LogP contribution in [0.25, 0.3) is 0 Å². The van der Waals surface area contributed by atoms with Gasteiger partial charge in [0, 0.05) is 6.54 Å². The second kappa shape index (κ2) is 4.41. The van der Waals surface area contributed by atoms with Crippen LogP contribution in [0.4, 0.5) is 0 Å². The van der Waals surface area contributed by atoms with Crippen molar-refractivity contribution in [2.45, 2.75) is 25.7 Å². The van der Waals surface area contributed by atoms with Gasteiger partial charge in [-0.1, -0.05) is 0 Å². The molecule has 1 rings (SSSR count). The molecule has 0 saturated carbocycles. The largest absolute Gasteiger partial charge is 0.437 e. The molecule has 12 heavy (non-hydrogen) atoms. The fraction of sp³-hybridized carbons (Fsp3) is 0.857. The van der Waals surface area contributed by atoms with Crippen molar-refractivity contribution in [2.75, 3.05) is 13.1 Å². The molecule has 1 saturated heterocycles. The highest BCUT2D eigenvalue weighted by Crippen LogP contribution is 2.12. The SMILES string of the molecule is CB(O)N1CCCC(N=C=O)C1. The van der Waals surface area contributed by atoms with E-state index in [0.717, 1.165) is 19.4 Å². The molecule has 0 aromatic carbocycles. The normalized spacial score (nSPS) is 24.7. The van der Waals surface area contributed by atoms with Gasteiger partial charge in [0.05, 0.1) is 6.04 Å². The average molecular weight is 168 g/mol. The Balaban J connectivity index is 2.45. The van der Waals surface area contributed by atoms with Crippen molar-refractivity contribution in [3.05, 3.63) is 0 Å². The summed E-state index contributed by atoms with van der Waals surface area (Å²) in [6, 6.07) is 0.0332. The van der Waals surface area contributed by atoms with Crippen LogP contribution >= 0.6 is 0 Å². The number of aliphatic imine (C=N–C) groups is 1. The Bertz CT molecular complexity index is 192.